The first-order valence-electron chi connectivity index (χ1n) is 9.98. The van der Waals surface area contributed by atoms with Crippen LogP contribution >= 0.6 is 23.1 Å². The van der Waals surface area contributed by atoms with Crippen LogP contribution in [0.2, 0.25) is 0 Å². The lowest BCUT2D eigenvalue weighted by Gasteiger charge is -2.20. The summed E-state index contributed by atoms with van der Waals surface area (Å²) < 4.78 is 39.4. The Kier molecular flexibility index (Phi) is 7.06. The summed E-state index contributed by atoms with van der Waals surface area (Å²) in [5.74, 6) is -1.27. The highest BCUT2D eigenvalue weighted by Gasteiger charge is 2.24. The van der Waals surface area contributed by atoms with Crippen molar-refractivity contribution in [2.45, 2.75) is 22.8 Å². The van der Waals surface area contributed by atoms with Gasteiger partial charge in [-0.15, -0.1) is 11.8 Å². The van der Waals surface area contributed by atoms with Crippen LogP contribution in [0.5, 0.6) is 0 Å². The predicted octanol–water partition coefficient (Wildman–Crippen LogP) is 4.95. The lowest BCUT2D eigenvalue weighted by Crippen LogP contribution is -2.31. The fourth-order valence-corrected chi connectivity index (χ4v) is 6.11. The van der Waals surface area contributed by atoms with Gasteiger partial charge < -0.3 is 0 Å². The second-order valence-corrected chi connectivity index (χ2v) is 11.1. The molecule has 0 aliphatic heterocycles. The number of carbonyl (C=O) groups is 1. The molecule has 0 unspecified atom stereocenters. The standard InChI is InChI=1S/C23H20FN3O3S3/c1-31-19-5-2-6-20-22(19)26-23(32-20)27(15-16-4-3-12-25-14-16)21(28)11-13-33(29,30)18-9-7-17(24)8-10-18/h2-10,12,14H,11,13,15H2,1H3. The van der Waals surface area contributed by atoms with Crippen molar-refractivity contribution in [3.8, 4) is 0 Å². The second-order valence-electron chi connectivity index (χ2n) is 7.17. The first kappa shape index (κ1) is 23.3. The van der Waals surface area contributed by atoms with E-state index in [1.807, 2.05) is 30.5 Å². The predicted molar refractivity (Wildman–Crippen MR) is 130 cm³/mol. The molecule has 1 amide bonds. The first-order chi connectivity index (χ1) is 15.9. The van der Waals surface area contributed by atoms with E-state index >= 15 is 0 Å². The molecule has 0 saturated heterocycles. The number of carbonyl (C=O) groups excluding carboxylic acids is 1. The van der Waals surface area contributed by atoms with Gasteiger partial charge in [-0.25, -0.2) is 17.8 Å². The molecule has 0 bridgehead atoms. The third kappa shape index (κ3) is 5.40. The molecule has 0 N–H and O–H groups in total. The second kappa shape index (κ2) is 9.98. The Hall–Kier alpha value is -2.82. The van der Waals surface area contributed by atoms with Crippen LogP contribution in [0.25, 0.3) is 10.2 Å². The number of benzene rings is 2. The smallest absolute Gasteiger partial charge is 0.230 e. The number of aromatic nitrogens is 2. The summed E-state index contributed by atoms with van der Waals surface area (Å²) in [5.41, 5.74) is 1.62. The SMILES string of the molecule is CSc1cccc2sc(N(Cc3cccnc3)C(=O)CCS(=O)(=O)c3ccc(F)cc3)nc12. The van der Waals surface area contributed by atoms with E-state index < -0.39 is 15.7 Å². The van der Waals surface area contributed by atoms with Crippen LogP contribution < -0.4 is 4.90 Å². The number of sulfone groups is 1. The van der Waals surface area contributed by atoms with Gasteiger partial charge in [0.2, 0.25) is 5.91 Å². The molecule has 33 heavy (non-hydrogen) atoms. The summed E-state index contributed by atoms with van der Waals surface area (Å²) >= 11 is 2.96. The Balaban J connectivity index is 1.62. The van der Waals surface area contributed by atoms with Crippen LogP contribution in [0.3, 0.4) is 0 Å². The Morgan fingerprint density at radius 3 is 2.61 bits per heavy atom. The van der Waals surface area contributed by atoms with E-state index in [0.29, 0.717) is 5.13 Å². The fraction of sp³-hybridized carbons (Fsp3) is 0.174. The molecule has 2 heterocycles. The van der Waals surface area contributed by atoms with Crippen molar-refractivity contribution in [1.82, 2.24) is 9.97 Å². The zero-order chi connectivity index (χ0) is 23.4. The van der Waals surface area contributed by atoms with Gasteiger partial charge in [0.05, 0.1) is 27.4 Å². The van der Waals surface area contributed by atoms with Crippen LogP contribution in [0, 0.1) is 5.82 Å². The van der Waals surface area contributed by atoms with E-state index in [-0.39, 0.29) is 29.5 Å². The topological polar surface area (TPSA) is 80.2 Å². The lowest BCUT2D eigenvalue weighted by atomic mass is 10.2. The highest BCUT2D eigenvalue weighted by Crippen LogP contribution is 2.35. The van der Waals surface area contributed by atoms with Crippen molar-refractivity contribution >= 4 is 54.2 Å². The molecule has 0 aliphatic rings. The van der Waals surface area contributed by atoms with Gasteiger partial charge in [0.1, 0.15) is 5.82 Å². The van der Waals surface area contributed by atoms with E-state index in [2.05, 4.69) is 4.98 Å². The summed E-state index contributed by atoms with van der Waals surface area (Å²) in [6.45, 7) is 0.220. The van der Waals surface area contributed by atoms with Gasteiger partial charge in [0, 0.05) is 23.7 Å². The maximum atomic E-state index is 13.3. The Labute approximate surface area is 199 Å². The summed E-state index contributed by atoms with van der Waals surface area (Å²) in [5, 5.41) is 0.500. The van der Waals surface area contributed by atoms with Crippen molar-refractivity contribution in [3.05, 3.63) is 78.4 Å². The molecule has 4 rings (SSSR count). The molecule has 0 radical (unpaired) electrons. The number of hydrogen-bond donors (Lipinski definition) is 0. The number of anilines is 1. The highest BCUT2D eigenvalue weighted by atomic mass is 32.2. The minimum Gasteiger partial charge on any atom is -0.284 e. The zero-order valence-corrected chi connectivity index (χ0v) is 20.1. The molecule has 0 aliphatic carbocycles. The largest absolute Gasteiger partial charge is 0.284 e. The number of thioether (sulfide) groups is 1. The van der Waals surface area contributed by atoms with Crippen molar-refractivity contribution in [2.24, 2.45) is 0 Å². The highest BCUT2D eigenvalue weighted by molar-refractivity contribution is 7.98. The van der Waals surface area contributed by atoms with Gasteiger partial charge in [0.25, 0.3) is 0 Å². The number of pyridine rings is 1. The van der Waals surface area contributed by atoms with Crippen LogP contribution in [-0.2, 0) is 21.2 Å². The molecular formula is C23H20FN3O3S3. The van der Waals surface area contributed by atoms with Gasteiger partial charge in [-0.05, 0) is 54.3 Å². The van der Waals surface area contributed by atoms with Crippen LogP contribution in [0.1, 0.15) is 12.0 Å². The molecule has 2 aromatic carbocycles. The van der Waals surface area contributed by atoms with Gasteiger partial charge in [-0.3, -0.25) is 14.7 Å². The quantitative estimate of drug-likeness (QED) is 0.251. The van der Waals surface area contributed by atoms with E-state index in [0.717, 1.165) is 32.8 Å². The van der Waals surface area contributed by atoms with Crippen LogP contribution in [-0.4, -0.2) is 36.3 Å². The van der Waals surface area contributed by atoms with Crippen LogP contribution in [0.15, 0.2) is 76.8 Å². The van der Waals surface area contributed by atoms with Gasteiger partial charge in [-0.1, -0.05) is 23.5 Å². The number of rotatable bonds is 8. The van der Waals surface area contributed by atoms with E-state index in [1.165, 1.54) is 28.4 Å². The molecule has 10 heteroatoms. The number of para-hydroxylation sites is 1. The Bertz CT molecular complexity index is 1370. The van der Waals surface area contributed by atoms with E-state index in [1.54, 1.807) is 30.2 Å². The number of amides is 1. The first-order valence-corrected chi connectivity index (χ1v) is 13.7. The molecular weight excluding hydrogens is 481 g/mol. The van der Waals surface area contributed by atoms with Crippen molar-refractivity contribution in [1.29, 1.82) is 0 Å². The minimum absolute atomic E-state index is 0.0138. The van der Waals surface area contributed by atoms with Gasteiger partial charge in [0.15, 0.2) is 15.0 Å². The minimum atomic E-state index is -3.74. The number of fused-ring (bicyclic) bond motifs is 1. The average Bonchev–Trinajstić information content (AvgIpc) is 3.26. The molecule has 2 aromatic heterocycles. The summed E-state index contributed by atoms with van der Waals surface area (Å²) in [4.78, 5) is 24.6. The molecule has 6 nitrogen and oxygen atoms in total. The third-order valence-corrected chi connectivity index (χ3v) is 8.49. The molecule has 0 atom stereocenters. The zero-order valence-electron chi connectivity index (χ0n) is 17.6. The normalized spacial score (nSPS) is 11.6. The maximum absolute atomic E-state index is 13.3. The summed E-state index contributed by atoms with van der Waals surface area (Å²) in [6.07, 6.45) is 5.04. The Morgan fingerprint density at radius 2 is 1.91 bits per heavy atom. The van der Waals surface area contributed by atoms with Crippen molar-refractivity contribution in [3.63, 3.8) is 0 Å². The summed E-state index contributed by atoms with van der Waals surface area (Å²) in [7, 11) is -3.74. The average molecular weight is 502 g/mol. The fourth-order valence-electron chi connectivity index (χ4n) is 3.24. The van der Waals surface area contributed by atoms with E-state index in [4.69, 9.17) is 4.98 Å². The van der Waals surface area contributed by atoms with Crippen molar-refractivity contribution < 1.29 is 17.6 Å². The van der Waals surface area contributed by atoms with Gasteiger partial charge >= 0.3 is 0 Å². The van der Waals surface area contributed by atoms with E-state index in [9.17, 15) is 17.6 Å². The molecule has 0 saturated carbocycles. The number of hydrogen-bond acceptors (Lipinski definition) is 7. The Morgan fingerprint density at radius 1 is 1.12 bits per heavy atom. The number of thiazole rings is 1. The summed E-state index contributed by atoms with van der Waals surface area (Å²) in [6, 6.07) is 14.1. The van der Waals surface area contributed by atoms with Crippen LogP contribution in [0.4, 0.5) is 9.52 Å². The third-order valence-electron chi connectivity index (χ3n) is 4.94. The molecule has 170 valence electrons. The lowest BCUT2D eigenvalue weighted by molar-refractivity contribution is -0.118. The molecule has 0 spiro atoms. The molecule has 0 fully saturated rings. The van der Waals surface area contributed by atoms with Gasteiger partial charge in [-0.2, -0.15) is 0 Å². The van der Waals surface area contributed by atoms with Crippen molar-refractivity contribution in [2.75, 3.05) is 16.9 Å². The molecule has 4 aromatic rings. The number of halogens is 1. The maximum Gasteiger partial charge on any atom is 0.230 e. The monoisotopic (exact) mass is 501 g/mol. The number of nitrogens with zero attached hydrogens (tertiary/aromatic N) is 3.